The minimum atomic E-state index is -0.485. The van der Waals surface area contributed by atoms with E-state index >= 15 is 0 Å². The molecule has 1 amide bonds. The monoisotopic (exact) mass is 275 g/mol. The second-order valence-electron chi connectivity index (χ2n) is 3.12. The van der Waals surface area contributed by atoms with E-state index in [1.54, 1.807) is 6.92 Å². The average molecular weight is 276 g/mol. The number of hydrogen-bond acceptors (Lipinski definition) is 3. The van der Waals surface area contributed by atoms with Gasteiger partial charge in [-0.05, 0) is 25.1 Å². The van der Waals surface area contributed by atoms with Crippen molar-refractivity contribution in [1.82, 2.24) is 5.32 Å². The highest BCUT2D eigenvalue weighted by Gasteiger charge is 2.09. The fourth-order valence-corrected chi connectivity index (χ4v) is 1.40. The van der Waals surface area contributed by atoms with Gasteiger partial charge in [0.05, 0.1) is 16.7 Å². The molecule has 6 heteroatoms. The number of carbonyl (C=O) groups excluding carboxylic acids is 2. The number of esters is 1. The van der Waals surface area contributed by atoms with Gasteiger partial charge >= 0.3 is 5.97 Å². The normalized spacial score (nSPS) is 9.82. The van der Waals surface area contributed by atoms with E-state index in [2.05, 4.69) is 10.1 Å². The van der Waals surface area contributed by atoms with Crippen LogP contribution in [0.5, 0.6) is 0 Å². The van der Waals surface area contributed by atoms with E-state index in [0.717, 1.165) is 0 Å². The van der Waals surface area contributed by atoms with Crippen LogP contribution < -0.4 is 5.32 Å². The Bertz CT molecular complexity index is 435. The average Bonchev–Trinajstić information content (AvgIpc) is 2.30. The van der Waals surface area contributed by atoms with Crippen LogP contribution in [-0.2, 0) is 9.53 Å². The first-order chi connectivity index (χ1) is 8.04. The molecule has 0 spiro atoms. The molecule has 0 saturated carbocycles. The standard InChI is InChI=1S/C11H11Cl2NO3/c1-2-17-10(15)6-14-11(16)7-3-4-8(12)9(13)5-7/h3-5H,2,6H2,1H3,(H,14,16). The van der Waals surface area contributed by atoms with Crippen molar-refractivity contribution in [1.29, 1.82) is 0 Å². The maximum Gasteiger partial charge on any atom is 0.325 e. The van der Waals surface area contributed by atoms with Crippen LogP contribution in [0.2, 0.25) is 10.0 Å². The third-order valence-electron chi connectivity index (χ3n) is 1.88. The largest absolute Gasteiger partial charge is 0.465 e. The zero-order valence-electron chi connectivity index (χ0n) is 9.13. The van der Waals surface area contributed by atoms with Crippen LogP contribution in [0, 0.1) is 0 Å². The van der Waals surface area contributed by atoms with E-state index in [1.807, 2.05) is 0 Å². The van der Waals surface area contributed by atoms with Crippen molar-refractivity contribution >= 4 is 35.1 Å². The van der Waals surface area contributed by atoms with Crippen molar-refractivity contribution in [2.45, 2.75) is 6.92 Å². The smallest absolute Gasteiger partial charge is 0.325 e. The number of rotatable bonds is 4. The zero-order valence-corrected chi connectivity index (χ0v) is 10.6. The van der Waals surface area contributed by atoms with E-state index < -0.39 is 11.9 Å². The predicted octanol–water partition coefficient (Wildman–Crippen LogP) is 2.29. The molecular formula is C11H11Cl2NO3. The quantitative estimate of drug-likeness (QED) is 0.858. The Labute approximate surface area is 109 Å². The van der Waals surface area contributed by atoms with Gasteiger partial charge in [0.25, 0.3) is 5.91 Å². The summed E-state index contributed by atoms with van der Waals surface area (Å²) in [6.45, 7) is 1.80. The third-order valence-corrected chi connectivity index (χ3v) is 2.62. The van der Waals surface area contributed by atoms with Crippen LogP contribution in [-0.4, -0.2) is 25.0 Å². The van der Waals surface area contributed by atoms with Gasteiger partial charge in [-0.15, -0.1) is 0 Å². The molecule has 0 saturated heterocycles. The molecule has 4 nitrogen and oxygen atoms in total. The van der Waals surface area contributed by atoms with Crippen molar-refractivity contribution in [2.75, 3.05) is 13.2 Å². The van der Waals surface area contributed by atoms with Crippen LogP contribution in [0.3, 0.4) is 0 Å². The summed E-state index contributed by atoms with van der Waals surface area (Å²) in [6.07, 6.45) is 0. The van der Waals surface area contributed by atoms with Gasteiger partial charge in [0.1, 0.15) is 6.54 Å². The van der Waals surface area contributed by atoms with Crippen LogP contribution >= 0.6 is 23.2 Å². The molecule has 0 aliphatic heterocycles. The second-order valence-corrected chi connectivity index (χ2v) is 3.93. The Morgan fingerprint density at radius 3 is 2.59 bits per heavy atom. The van der Waals surface area contributed by atoms with Crippen LogP contribution in [0.1, 0.15) is 17.3 Å². The Hall–Kier alpha value is -1.26. The van der Waals surface area contributed by atoms with Crippen molar-refractivity contribution < 1.29 is 14.3 Å². The summed E-state index contributed by atoms with van der Waals surface area (Å²) in [7, 11) is 0. The number of carbonyl (C=O) groups is 2. The molecule has 92 valence electrons. The maximum absolute atomic E-state index is 11.6. The van der Waals surface area contributed by atoms with Crippen molar-refractivity contribution in [3.63, 3.8) is 0 Å². The maximum atomic E-state index is 11.6. The lowest BCUT2D eigenvalue weighted by Crippen LogP contribution is -2.30. The molecule has 0 bridgehead atoms. The van der Waals surface area contributed by atoms with Crippen molar-refractivity contribution in [3.05, 3.63) is 33.8 Å². The van der Waals surface area contributed by atoms with E-state index in [0.29, 0.717) is 10.6 Å². The zero-order chi connectivity index (χ0) is 12.8. The molecule has 0 radical (unpaired) electrons. The highest BCUT2D eigenvalue weighted by atomic mass is 35.5. The van der Waals surface area contributed by atoms with Gasteiger partial charge < -0.3 is 10.1 Å². The first-order valence-electron chi connectivity index (χ1n) is 4.93. The number of amides is 1. The van der Waals surface area contributed by atoms with Crippen molar-refractivity contribution in [3.8, 4) is 0 Å². The van der Waals surface area contributed by atoms with Gasteiger partial charge in [0.2, 0.25) is 0 Å². The van der Waals surface area contributed by atoms with Gasteiger partial charge in [0, 0.05) is 5.56 Å². The molecule has 0 atom stereocenters. The topological polar surface area (TPSA) is 55.4 Å². The number of ether oxygens (including phenoxy) is 1. The van der Waals surface area contributed by atoms with Crippen molar-refractivity contribution in [2.24, 2.45) is 0 Å². The lowest BCUT2D eigenvalue weighted by atomic mass is 10.2. The summed E-state index contributed by atoms with van der Waals surface area (Å²) >= 11 is 11.5. The lowest BCUT2D eigenvalue weighted by molar-refractivity contribution is -0.141. The summed E-state index contributed by atoms with van der Waals surface area (Å²) < 4.78 is 4.67. The molecule has 0 heterocycles. The molecular weight excluding hydrogens is 265 g/mol. The minimum absolute atomic E-state index is 0.174. The number of hydrogen-bond donors (Lipinski definition) is 1. The van der Waals surface area contributed by atoms with Gasteiger partial charge in [0.15, 0.2) is 0 Å². The molecule has 1 rings (SSSR count). The van der Waals surface area contributed by atoms with E-state index in [-0.39, 0.29) is 18.2 Å². The number of halogens is 2. The fourth-order valence-electron chi connectivity index (χ4n) is 1.10. The molecule has 0 unspecified atom stereocenters. The number of nitrogens with one attached hydrogen (secondary N) is 1. The van der Waals surface area contributed by atoms with Crippen LogP contribution in [0.15, 0.2) is 18.2 Å². The summed E-state index contributed by atoms with van der Waals surface area (Å²) in [5.41, 5.74) is 0.337. The summed E-state index contributed by atoms with van der Waals surface area (Å²) in [5, 5.41) is 3.07. The second kappa shape index (κ2) is 6.47. The molecule has 0 fully saturated rings. The Morgan fingerprint density at radius 1 is 1.29 bits per heavy atom. The molecule has 1 N–H and O–H groups in total. The predicted molar refractivity (Wildman–Crippen MR) is 65.4 cm³/mol. The highest BCUT2D eigenvalue weighted by Crippen LogP contribution is 2.22. The lowest BCUT2D eigenvalue weighted by Gasteiger charge is -2.05. The molecule has 17 heavy (non-hydrogen) atoms. The first kappa shape index (κ1) is 13.8. The highest BCUT2D eigenvalue weighted by molar-refractivity contribution is 6.42. The van der Waals surface area contributed by atoms with Crippen LogP contribution in [0.25, 0.3) is 0 Å². The Balaban J connectivity index is 2.58. The molecule has 0 aromatic heterocycles. The van der Waals surface area contributed by atoms with Gasteiger partial charge in [-0.2, -0.15) is 0 Å². The Morgan fingerprint density at radius 2 is 2.00 bits per heavy atom. The fraction of sp³-hybridized carbons (Fsp3) is 0.273. The molecule has 0 aliphatic carbocycles. The summed E-state index contributed by atoms with van der Waals surface area (Å²) in [6, 6.07) is 4.47. The van der Waals surface area contributed by atoms with E-state index in [9.17, 15) is 9.59 Å². The molecule has 1 aromatic rings. The van der Waals surface area contributed by atoms with Gasteiger partial charge in [-0.3, -0.25) is 9.59 Å². The van der Waals surface area contributed by atoms with E-state index in [4.69, 9.17) is 23.2 Å². The number of benzene rings is 1. The summed E-state index contributed by atoms with van der Waals surface area (Å²) in [5.74, 6) is -0.891. The van der Waals surface area contributed by atoms with Crippen LogP contribution in [0.4, 0.5) is 0 Å². The first-order valence-corrected chi connectivity index (χ1v) is 5.69. The van der Waals surface area contributed by atoms with Gasteiger partial charge in [-0.1, -0.05) is 23.2 Å². The molecule has 0 aliphatic rings. The summed E-state index contributed by atoms with van der Waals surface area (Å²) in [4.78, 5) is 22.6. The molecule has 1 aromatic carbocycles. The Kier molecular flexibility index (Phi) is 5.25. The van der Waals surface area contributed by atoms with Gasteiger partial charge in [-0.25, -0.2) is 0 Å². The van der Waals surface area contributed by atoms with E-state index in [1.165, 1.54) is 18.2 Å². The minimum Gasteiger partial charge on any atom is -0.465 e. The SMILES string of the molecule is CCOC(=O)CNC(=O)c1ccc(Cl)c(Cl)c1. The third kappa shape index (κ3) is 4.24.